The van der Waals surface area contributed by atoms with Gasteiger partial charge in [-0.1, -0.05) is 12.1 Å². The molecule has 0 radical (unpaired) electrons. The zero-order chi connectivity index (χ0) is 14.0. The molecule has 0 saturated carbocycles. The first-order valence-corrected chi connectivity index (χ1v) is 5.54. The standard InChI is InChI=1S/C14H11F2NO2/c1-8-9(15)4-2-6-11(8)17-14(19)13-10(16)5-3-7-12(13)18/h2-7,18H,1H3,(H,17,19). The molecule has 98 valence electrons. The normalized spacial score (nSPS) is 10.3. The summed E-state index contributed by atoms with van der Waals surface area (Å²) in [5.74, 6) is -2.61. The summed E-state index contributed by atoms with van der Waals surface area (Å²) < 4.78 is 26.8. The van der Waals surface area contributed by atoms with Crippen LogP contribution in [-0.4, -0.2) is 11.0 Å². The third kappa shape index (κ3) is 2.54. The Bertz CT molecular complexity index is 621. The number of aromatic hydroxyl groups is 1. The molecule has 3 nitrogen and oxygen atoms in total. The molecule has 0 bridgehead atoms. The summed E-state index contributed by atoms with van der Waals surface area (Å²) in [5, 5.41) is 11.9. The van der Waals surface area contributed by atoms with E-state index in [4.69, 9.17) is 0 Å². The predicted molar refractivity (Wildman–Crippen MR) is 67.2 cm³/mol. The molecule has 2 aromatic rings. The molecule has 2 aromatic carbocycles. The summed E-state index contributed by atoms with van der Waals surface area (Å²) in [4.78, 5) is 11.9. The topological polar surface area (TPSA) is 49.3 Å². The monoisotopic (exact) mass is 263 g/mol. The Morgan fingerprint density at radius 3 is 2.42 bits per heavy atom. The second-order valence-corrected chi connectivity index (χ2v) is 4.00. The van der Waals surface area contributed by atoms with E-state index in [2.05, 4.69) is 5.32 Å². The molecule has 0 spiro atoms. The van der Waals surface area contributed by atoms with Crippen molar-refractivity contribution in [3.05, 3.63) is 59.2 Å². The van der Waals surface area contributed by atoms with Gasteiger partial charge in [0.15, 0.2) is 0 Å². The zero-order valence-corrected chi connectivity index (χ0v) is 10.1. The minimum Gasteiger partial charge on any atom is -0.507 e. The van der Waals surface area contributed by atoms with Crippen molar-refractivity contribution in [3.63, 3.8) is 0 Å². The fourth-order valence-corrected chi connectivity index (χ4v) is 1.67. The fraction of sp³-hybridized carbons (Fsp3) is 0.0714. The molecular weight excluding hydrogens is 252 g/mol. The second-order valence-electron chi connectivity index (χ2n) is 4.00. The molecule has 1 amide bonds. The third-order valence-corrected chi connectivity index (χ3v) is 2.73. The summed E-state index contributed by atoms with van der Waals surface area (Å²) >= 11 is 0. The summed E-state index contributed by atoms with van der Waals surface area (Å²) in [6.07, 6.45) is 0. The van der Waals surface area contributed by atoms with E-state index in [1.54, 1.807) is 0 Å². The van der Waals surface area contributed by atoms with Gasteiger partial charge in [-0.25, -0.2) is 8.78 Å². The molecule has 0 saturated heterocycles. The predicted octanol–water partition coefficient (Wildman–Crippen LogP) is 3.23. The lowest BCUT2D eigenvalue weighted by Crippen LogP contribution is -2.15. The summed E-state index contributed by atoms with van der Waals surface area (Å²) in [7, 11) is 0. The van der Waals surface area contributed by atoms with Gasteiger partial charge in [-0.15, -0.1) is 0 Å². The number of nitrogens with one attached hydrogen (secondary N) is 1. The SMILES string of the molecule is Cc1c(F)cccc1NC(=O)c1c(O)cccc1F. The van der Waals surface area contributed by atoms with Crippen molar-refractivity contribution in [2.24, 2.45) is 0 Å². The van der Waals surface area contributed by atoms with Crippen molar-refractivity contribution in [2.75, 3.05) is 5.32 Å². The van der Waals surface area contributed by atoms with Gasteiger partial charge in [0.1, 0.15) is 22.9 Å². The Morgan fingerprint density at radius 2 is 1.74 bits per heavy atom. The fourth-order valence-electron chi connectivity index (χ4n) is 1.67. The molecular formula is C14H11F2NO2. The molecule has 2 N–H and O–H groups in total. The second kappa shape index (κ2) is 5.06. The number of phenolic OH excluding ortho intramolecular Hbond substituents is 1. The number of carbonyl (C=O) groups is 1. The van der Waals surface area contributed by atoms with E-state index in [1.165, 1.54) is 37.3 Å². The Balaban J connectivity index is 2.34. The van der Waals surface area contributed by atoms with Crippen molar-refractivity contribution < 1.29 is 18.7 Å². The van der Waals surface area contributed by atoms with Crippen molar-refractivity contribution in [3.8, 4) is 5.75 Å². The molecule has 0 fully saturated rings. The largest absolute Gasteiger partial charge is 0.507 e. The van der Waals surface area contributed by atoms with Gasteiger partial charge in [-0.3, -0.25) is 4.79 Å². The highest BCUT2D eigenvalue weighted by atomic mass is 19.1. The first kappa shape index (κ1) is 13.0. The summed E-state index contributed by atoms with van der Waals surface area (Å²) in [5.41, 5.74) is 0.00509. The van der Waals surface area contributed by atoms with Gasteiger partial charge in [0.25, 0.3) is 5.91 Å². The maximum atomic E-state index is 13.5. The van der Waals surface area contributed by atoms with Gasteiger partial charge in [-0.2, -0.15) is 0 Å². The van der Waals surface area contributed by atoms with Gasteiger partial charge >= 0.3 is 0 Å². The first-order valence-electron chi connectivity index (χ1n) is 5.54. The van der Waals surface area contributed by atoms with E-state index in [9.17, 15) is 18.7 Å². The number of benzene rings is 2. The molecule has 0 aliphatic rings. The molecule has 5 heteroatoms. The number of phenols is 1. The van der Waals surface area contributed by atoms with Crippen molar-refractivity contribution in [1.82, 2.24) is 0 Å². The number of hydrogen-bond acceptors (Lipinski definition) is 2. The van der Waals surface area contributed by atoms with E-state index in [1.807, 2.05) is 0 Å². The Morgan fingerprint density at radius 1 is 1.11 bits per heavy atom. The number of amides is 1. The summed E-state index contributed by atoms with van der Waals surface area (Å²) in [6.45, 7) is 1.49. The van der Waals surface area contributed by atoms with Gasteiger partial charge < -0.3 is 10.4 Å². The van der Waals surface area contributed by atoms with E-state index in [0.29, 0.717) is 0 Å². The molecule has 19 heavy (non-hydrogen) atoms. The number of anilines is 1. The molecule has 0 aliphatic heterocycles. The van der Waals surface area contributed by atoms with Crippen molar-refractivity contribution >= 4 is 11.6 Å². The van der Waals surface area contributed by atoms with Crippen molar-refractivity contribution in [2.45, 2.75) is 6.92 Å². The van der Waals surface area contributed by atoms with Crippen LogP contribution in [-0.2, 0) is 0 Å². The average Bonchev–Trinajstić information content (AvgIpc) is 2.35. The highest BCUT2D eigenvalue weighted by molar-refractivity contribution is 6.06. The number of carbonyl (C=O) groups excluding carboxylic acids is 1. The van der Waals surface area contributed by atoms with Crippen LogP contribution in [0.5, 0.6) is 5.75 Å². The molecule has 0 unspecified atom stereocenters. The van der Waals surface area contributed by atoms with E-state index in [0.717, 1.165) is 6.07 Å². The molecule has 0 atom stereocenters. The average molecular weight is 263 g/mol. The number of rotatable bonds is 2. The van der Waals surface area contributed by atoms with Gasteiger partial charge in [0.2, 0.25) is 0 Å². The minimum atomic E-state index is -0.841. The van der Waals surface area contributed by atoms with E-state index < -0.39 is 28.9 Å². The quantitative estimate of drug-likeness (QED) is 0.873. The lowest BCUT2D eigenvalue weighted by Gasteiger charge is -2.10. The third-order valence-electron chi connectivity index (χ3n) is 2.73. The van der Waals surface area contributed by atoms with Crippen LogP contribution in [0.3, 0.4) is 0 Å². The van der Waals surface area contributed by atoms with Crippen LogP contribution < -0.4 is 5.32 Å². The lowest BCUT2D eigenvalue weighted by atomic mass is 10.1. The van der Waals surface area contributed by atoms with Crippen molar-refractivity contribution in [1.29, 1.82) is 0 Å². The van der Waals surface area contributed by atoms with Gasteiger partial charge in [0.05, 0.1) is 0 Å². The Labute approximate surface area is 108 Å². The maximum Gasteiger partial charge on any atom is 0.262 e. The van der Waals surface area contributed by atoms with Crippen LogP contribution in [0.1, 0.15) is 15.9 Å². The van der Waals surface area contributed by atoms with Crippen LogP contribution in [0.4, 0.5) is 14.5 Å². The maximum absolute atomic E-state index is 13.5. The van der Waals surface area contributed by atoms with Crippen LogP contribution >= 0.6 is 0 Å². The molecule has 0 aromatic heterocycles. The zero-order valence-electron chi connectivity index (χ0n) is 10.1. The molecule has 2 rings (SSSR count). The van der Waals surface area contributed by atoms with Gasteiger partial charge in [0, 0.05) is 11.3 Å². The number of hydrogen-bond donors (Lipinski definition) is 2. The van der Waals surface area contributed by atoms with Crippen LogP contribution in [0, 0.1) is 18.6 Å². The van der Waals surface area contributed by atoms with Crippen LogP contribution in [0.15, 0.2) is 36.4 Å². The first-order chi connectivity index (χ1) is 9.00. The molecule has 0 heterocycles. The smallest absolute Gasteiger partial charge is 0.262 e. The van der Waals surface area contributed by atoms with Gasteiger partial charge in [-0.05, 0) is 31.2 Å². The van der Waals surface area contributed by atoms with E-state index in [-0.39, 0.29) is 11.3 Å². The molecule has 0 aliphatic carbocycles. The van der Waals surface area contributed by atoms with Crippen LogP contribution in [0.2, 0.25) is 0 Å². The Kier molecular flexibility index (Phi) is 3.46. The van der Waals surface area contributed by atoms with Crippen LogP contribution in [0.25, 0.3) is 0 Å². The Hall–Kier alpha value is -2.43. The highest BCUT2D eigenvalue weighted by Crippen LogP contribution is 2.23. The minimum absolute atomic E-state index is 0.229. The summed E-state index contributed by atoms with van der Waals surface area (Å²) in [6, 6.07) is 7.73. The van der Waals surface area contributed by atoms with E-state index >= 15 is 0 Å². The highest BCUT2D eigenvalue weighted by Gasteiger charge is 2.17. The lowest BCUT2D eigenvalue weighted by molar-refractivity contribution is 0.102. The number of halogens is 2.